The highest BCUT2D eigenvalue weighted by atomic mass is 35.5. The van der Waals surface area contributed by atoms with Crippen molar-refractivity contribution in [1.82, 2.24) is 14.3 Å². The number of fused-ring (bicyclic) bond motifs is 1. The molecule has 5 heteroatoms. The molecule has 0 spiro atoms. The van der Waals surface area contributed by atoms with E-state index in [9.17, 15) is 0 Å². The van der Waals surface area contributed by atoms with Crippen molar-refractivity contribution >= 4 is 23.2 Å². The van der Waals surface area contributed by atoms with Gasteiger partial charge in [0.15, 0.2) is 0 Å². The first kappa shape index (κ1) is 15.0. The Balaban J connectivity index is 1.69. The summed E-state index contributed by atoms with van der Waals surface area (Å²) in [6, 6.07) is 4.04. The second-order valence-corrected chi connectivity index (χ2v) is 6.87. The van der Waals surface area contributed by atoms with Crippen LogP contribution in [-0.4, -0.2) is 40.6 Å². The van der Waals surface area contributed by atoms with Crippen LogP contribution in [0.15, 0.2) is 24.7 Å². The van der Waals surface area contributed by atoms with E-state index >= 15 is 0 Å². The monoisotopic (exact) mass is 331 g/mol. The number of hydrogen-bond acceptors (Lipinski definition) is 3. The summed E-state index contributed by atoms with van der Waals surface area (Å²) in [5, 5.41) is 0.771. The molecule has 23 heavy (non-hydrogen) atoms. The predicted octanol–water partition coefficient (Wildman–Crippen LogP) is 3.95. The quantitative estimate of drug-likeness (QED) is 0.853. The molecular weight excluding hydrogens is 310 g/mol. The Morgan fingerprint density at radius 2 is 1.96 bits per heavy atom. The normalized spacial score (nSPS) is 20.1. The molecule has 4 rings (SSSR count). The molecule has 2 saturated heterocycles. The molecule has 2 aromatic heterocycles. The van der Waals surface area contributed by atoms with Gasteiger partial charge >= 0.3 is 0 Å². The van der Waals surface area contributed by atoms with E-state index in [0.29, 0.717) is 5.92 Å². The molecule has 0 atom stereocenters. The molecule has 0 aliphatic carbocycles. The molecule has 0 bridgehead atoms. The Labute approximate surface area is 141 Å². The maximum atomic E-state index is 6.37. The van der Waals surface area contributed by atoms with Crippen LogP contribution >= 0.6 is 11.6 Å². The second kappa shape index (κ2) is 6.54. The maximum absolute atomic E-state index is 6.37. The van der Waals surface area contributed by atoms with Crippen LogP contribution in [0.4, 0.5) is 0 Å². The number of likely N-dealkylation sites (tertiary alicyclic amines) is 1. The molecule has 0 aromatic carbocycles. The summed E-state index contributed by atoms with van der Waals surface area (Å²) in [6.07, 6.45) is 10.9. The van der Waals surface area contributed by atoms with E-state index in [-0.39, 0.29) is 0 Å². The molecule has 0 saturated carbocycles. The van der Waals surface area contributed by atoms with Crippen molar-refractivity contribution in [2.75, 3.05) is 26.3 Å². The van der Waals surface area contributed by atoms with Gasteiger partial charge in [0, 0.05) is 43.4 Å². The molecule has 4 nitrogen and oxygen atoms in total. The number of imidazole rings is 1. The summed E-state index contributed by atoms with van der Waals surface area (Å²) in [7, 11) is 0. The minimum atomic E-state index is 0.475. The van der Waals surface area contributed by atoms with Crippen LogP contribution in [0.5, 0.6) is 0 Å². The van der Waals surface area contributed by atoms with E-state index < -0.39 is 0 Å². The molecule has 2 aliphatic rings. The van der Waals surface area contributed by atoms with E-state index in [1.54, 1.807) is 0 Å². The first-order valence-corrected chi connectivity index (χ1v) is 8.85. The van der Waals surface area contributed by atoms with E-state index in [2.05, 4.69) is 21.6 Å². The van der Waals surface area contributed by atoms with Crippen molar-refractivity contribution in [3.63, 3.8) is 0 Å². The topological polar surface area (TPSA) is 29.8 Å². The average molecular weight is 332 g/mol. The van der Waals surface area contributed by atoms with Crippen molar-refractivity contribution in [1.29, 1.82) is 0 Å². The molecule has 2 fully saturated rings. The van der Waals surface area contributed by atoms with Gasteiger partial charge in [0.1, 0.15) is 6.33 Å². The molecular formula is C18H22ClN3O. The Kier molecular flexibility index (Phi) is 4.27. The van der Waals surface area contributed by atoms with Crippen molar-refractivity contribution in [2.45, 2.75) is 31.6 Å². The lowest BCUT2D eigenvalue weighted by Crippen LogP contribution is -2.14. The molecule has 0 amide bonds. The van der Waals surface area contributed by atoms with Crippen molar-refractivity contribution in [3.05, 3.63) is 41.1 Å². The number of ether oxygens (including phenoxy) is 1. The van der Waals surface area contributed by atoms with Gasteiger partial charge in [0.25, 0.3) is 0 Å². The highest BCUT2D eigenvalue weighted by Crippen LogP contribution is 2.31. The Bertz CT molecular complexity index is 712. The summed E-state index contributed by atoms with van der Waals surface area (Å²) in [6.45, 7) is 3.95. The molecule has 122 valence electrons. The van der Waals surface area contributed by atoms with E-state index in [4.69, 9.17) is 21.3 Å². The fraction of sp³-hybridized carbons (Fsp3) is 0.500. The number of hydrogen-bond donors (Lipinski definition) is 0. The van der Waals surface area contributed by atoms with Gasteiger partial charge in [-0.15, -0.1) is 0 Å². The summed E-state index contributed by atoms with van der Waals surface area (Å²) < 4.78 is 7.63. The minimum absolute atomic E-state index is 0.475. The van der Waals surface area contributed by atoms with Crippen molar-refractivity contribution < 1.29 is 4.74 Å². The maximum Gasteiger partial charge on any atom is 0.100 e. The smallest absolute Gasteiger partial charge is 0.100 e. The fourth-order valence-electron chi connectivity index (χ4n) is 3.59. The minimum Gasteiger partial charge on any atom is -0.381 e. The van der Waals surface area contributed by atoms with Gasteiger partial charge < -0.3 is 9.64 Å². The van der Waals surface area contributed by atoms with Gasteiger partial charge in [-0.2, -0.15) is 0 Å². The van der Waals surface area contributed by atoms with E-state index in [1.807, 2.05) is 18.5 Å². The Morgan fingerprint density at radius 1 is 1.17 bits per heavy atom. The first-order chi connectivity index (χ1) is 11.3. The van der Waals surface area contributed by atoms with Crippen LogP contribution < -0.4 is 0 Å². The fourth-order valence-corrected chi connectivity index (χ4v) is 3.81. The number of rotatable bonds is 3. The van der Waals surface area contributed by atoms with Crippen LogP contribution in [0.1, 0.15) is 43.0 Å². The largest absolute Gasteiger partial charge is 0.381 e. The number of halogens is 1. The highest BCUT2D eigenvalue weighted by molar-refractivity contribution is 6.31. The molecule has 0 N–H and O–H groups in total. The predicted molar refractivity (Wildman–Crippen MR) is 92.8 cm³/mol. The average Bonchev–Trinajstić information content (AvgIpc) is 3.23. The van der Waals surface area contributed by atoms with Gasteiger partial charge in [0.2, 0.25) is 0 Å². The van der Waals surface area contributed by atoms with E-state index in [1.165, 1.54) is 12.8 Å². The zero-order valence-corrected chi connectivity index (χ0v) is 14.0. The van der Waals surface area contributed by atoms with Crippen LogP contribution in [0.2, 0.25) is 5.02 Å². The number of pyridine rings is 1. The van der Waals surface area contributed by atoms with Crippen LogP contribution in [0.3, 0.4) is 0 Å². The molecule has 0 radical (unpaired) electrons. The lowest BCUT2D eigenvalue weighted by molar-refractivity contribution is 0.0848. The second-order valence-electron chi connectivity index (χ2n) is 6.43. The van der Waals surface area contributed by atoms with Gasteiger partial charge in [-0.05, 0) is 43.9 Å². The van der Waals surface area contributed by atoms with E-state index in [0.717, 1.165) is 61.1 Å². The lowest BCUT2D eigenvalue weighted by Gasteiger charge is -2.20. The Hall–Kier alpha value is -1.52. The third kappa shape index (κ3) is 3.10. The molecule has 4 heterocycles. The van der Waals surface area contributed by atoms with Gasteiger partial charge in [-0.3, -0.25) is 4.40 Å². The molecule has 0 unspecified atom stereocenters. The summed E-state index contributed by atoms with van der Waals surface area (Å²) >= 11 is 6.37. The van der Waals surface area contributed by atoms with Crippen LogP contribution in [0, 0.1) is 0 Å². The van der Waals surface area contributed by atoms with Crippen molar-refractivity contribution in [3.8, 4) is 0 Å². The summed E-state index contributed by atoms with van der Waals surface area (Å²) in [5.74, 6) is 0.475. The summed E-state index contributed by atoms with van der Waals surface area (Å²) in [4.78, 5) is 7.07. The first-order valence-electron chi connectivity index (χ1n) is 8.48. The summed E-state index contributed by atoms with van der Waals surface area (Å²) in [5.41, 5.74) is 3.38. The van der Waals surface area contributed by atoms with Gasteiger partial charge in [0.05, 0.1) is 16.9 Å². The zero-order chi connectivity index (χ0) is 15.6. The lowest BCUT2D eigenvalue weighted by atomic mass is 9.96. The SMILES string of the molecule is Clc1cc(/C=C/N2CCCC2)n2cnc(C3CCOCC3)c2c1. The molecule has 2 aliphatic heterocycles. The standard InChI is InChI=1S/C18H22ClN3O/c19-15-11-16(3-8-21-6-1-2-7-21)22-13-20-18(17(22)12-15)14-4-9-23-10-5-14/h3,8,11-14H,1-2,4-7,9-10H2/b8-3+. The van der Waals surface area contributed by atoms with Gasteiger partial charge in [-0.25, -0.2) is 4.98 Å². The van der Waals surface area contributed by atoms with Crippen LogP contribution in [-0.2, 0) is 4.74 Å². The zero-order valence-electron chi connectivity index (χ0n) is 13.2. The Morgan fingerprint density at radius 3 is 2.74 bits per heavy atom. The van der Waals surface area contributed by atoms with Crippen molar-refractivity contribution in [2.24, 2.45) is 0 Å². The third-order valence-corrected chi connectivity index (χ3v) is 5.10. The van der Waals surface area contributed by atoms with Gasteiger partial charge in [-0.1, -0.05) is 11.6 Å². The third-order valence-electron chi connectivity index (χ3n) is 4.88. The van der Waals surface area contributed by atoms with Crippen LogP contribution in [0.25, 0.3) is 11.6 Å². The number of nitrogens with zero attached hydrogens (tertiary/aromatic N) is 3. The molecule has 2 aromatic rings. The number of aromatic nitrogens is 2. The highest BCUT2D eigenvalue weighted by Gasteiger charge is 2.21.